The molecular weight excluding hydrogens is 364 g/mol. The number of carboxylic acids is 1. The molecule has 1 unspecified atom stereocenters. The summed E-state index contributed by atoms with van der Waals surface area (Å²) in [5.41, 5.74) is 1.59. The van der Waals surface area contributed by atoms with E-state index in [4.69, 9.17) is 19.3 Å². The van der Waals surface area contributed by atoms with Crippen LogP contribution in [0.3, 0.4) is 0 Å². The first-order valence-electron chi connectivity index (χ1n) is 8.57. The summed E-state index contributed by atoms with van der Waals surface area (Å²) < 4.78 is 17.0. The van der Waals surface area contributed by atoms with Crippen molar-refractivity contribution in [3.05, 3.63) is 64.2 Å². The van der Waals surface area contributed by atoms with E-state index < -0.39 is 18.0 Å². The van der Waals surface area contributed by atoms with Crippen molar-refractivity contribution in [2.75, 3.05) is 13.7 Å². The molecule has 1 aliphatic heterocycles. The number of hydrogen-bond acceptors (Lipinski definition) is 6. The molecule has 0 aromatic heterocycles. The van der Waals surface area contributed by atoms with Crippen LogP contribution in [-0.2, 0) is 9.53 Å². The van der Waals surface area contributed by atoms with Gasteiger partial charge < -0.3 is 24.4 Å². The first kappa shape index (κ1) is 19.4. The molecule has 0 spiro atoms. The Labute approximate surface area is 161 Å². The highest BCUT2D eigenvalue weighted by atomic mass is 16.7. The lowest BCUT2D eigenvalue weighted by Gasteiger charge is -2.20. The van der Waals surface area contributed by atoms with E-state index in [0.717, 1.165) is 5.56 Å². The van der Waals surface area contributed by atoms with Gasteiger partial charge in [-0.2, -0.15) is 0 Å². The molecule has 0 amide bonds. The second-order valence-corrected chi connectivity index (χ2v) is 6.39. The van der Waals surface area contributed by atoms with Gasteiger partial charge in [-0.1, -0.05) is 12.1 Å². The van der Waals surface area contributed by atoms with Crippen molar-refractivity contribution in [2.24, 2.45) is 0 Å². The average Bonchev–Trinajstić information content (AvgIpc) is 2.76. The Morgan fingerprint density at radius 1 is 1.32 bits per heavy atom. The summed E-state index contributed by atoms with van der Waals surface area (Å²) in [6.07, 6.45) is 0.481. The SMILES string of the molecule is COC1Oc2cc(C)cc(O)c2C(=O)c2cccc(OC/C=C(\C)C(=O)O)c21. The number of aromatic hydroxyl groups is 1. The van der Waals surface area contributed by atoms with Crippen molar-refractivity contribution in [3.63, 3.8) is 0 Å². The number of ketones is 1. The molecule has 0 fully saturated rings. The van der Waals surface area contributed by atoms with E-state index in [0.29, 0.717) is 11.3 Å². The number of methoxy groups -OCH3 is 1. The first-order chi connectivity index (χ1) is 13.3. The molecule has 1 aliphatic rings. The number of aliphatic carboxylic acids is 1. The molecule has 28 heavy (non-hydrogen) atoms. The molecule has 2 aromatic carbocycles. The van der Waals surface area contributed by atoms with Crippen LogP contribution in [0.2, 0.25) is 0 Å². The Kier molecular flexibility index (Phi) is 5.37. The number of carbonyl (C=O) groups is 2. The quantitative estimate of drug-likeness (QED) is 0.762. The van der Waals surface area contributed by atoms with Gasteiger partial charge in [0, 0.05) is 18.2 Å². The molecule has 0 saturated carbocycles. The Morgan fingerprint density at radius 3 is 2.75 bits per heavy atom. The minimum absolute atomic E-state index is 0.00345. The van der Waals surface area contributed by atoms with Crippen molar-refractivity contribution >= 4 is 11.8 Å². The van der Waals surface area contributed by atoms with Gasteiger partial charge in [0.15, 0.2) is 0 Å². The lowest BCUT2D eigenvalue weighted by atomic mass is 9.96. The van der Waals surface area contributed by atoms with Gasteiger partial charge >= 0.3 is 5.97 Å². The third-order valence-corrected chi connectivity index (χ3v) is 4.41. The van der Waals surface area contributed by atoms with Crippen LogP contribution < -0.4 is 9.47 Å². The molecule has 0 aliphatic carbocycles. The van der Waals surface area contributed by atoms with Crippen molar-refractivity contribution in [1.82, 2.24) is 0 Å². The van der Waals surface area contributed by atoms with Crippen LogP contribution in [0.4, 0.5) is 0 Å². The fourth-order valence-electron chi connectivity index (χ4n) is 2.99. The average molecular weight is 384 g/mol. The van der Waals surface area contributed by atoms with Crippen LogP contribution in [0.25, 0.3) is 0 Å². The van der Waals surface area contributed by atoms with Gasteiger partial charge in [-0.05, 0) is 43.7 Å². The van der Waals surface area contributed by atoms with E-state index in [1.165, 1.54) is 26.2 Å². The minimum Gasteiger partial charge on any atom is -0.507 e. The first-order valence-corrected chi connectivity index (χ1v) is 8.57. The number of hydrogen-bond donors (Lipinski definition) is 2. The smallest absolute Gasteiger partial charge is 0.331 e. The van der Waals surface area contributed by atoms with Crippen molar-refractivity contribution in [2.45, 2.75) is 20.1 Å². The fourth-order valence-corrected chi connectivity index (χ4v) is 2.99. The van der Waals surface area contributed by atoms with E-state index in [-0.39, 0.29) is 34.8 Å². The predicted octanol–water partition coefficient (Wildman–Crippen LogP) is 3.38. The molecule has 2 N–H and O–H groups in total. The van der Waals surface area contributed by atoms with Crippen LogP contribution in [0.5, 0.6) is 17.2 Å². The molecule has 7 heteroatoms. The highest BCUT2D eigenvalue weighted by molar-refractivity contribution is 6.14. The Bertz CT molecular complexity index is 975. The van der Waals surface area contributed by atoms with E-state index in [1.54, 1.807) is 31.2 Å². The number of fused-ring (bicyclic) bond motifs is 2. The molecule has 0 radical (unpaired) electrons. The number of benzene rings is 2. The van der Waals surface area contributed by atoms with Gasteiger partial charge in [0.1, 0.15) is 29.4 Å². The predicted molar refractivity (Wildman–Crippen MR) is 100.0 cm³/mol. The highest BCUT2D eigenvalue weighted by Crippen LogP contribution is 2.42. The third-order valence-electron chi connectivity index (χ3n) is 4.41. The second kappa shape index (κ2) is 7.74. The zero-order valence-electron chi connectivity index (χ0n) is 15.7. The van der Waals surface area contributed by atoms with Gasteiger partial charge in [-0.3, -0.25) is 4.79 Å². The number of carbonyl (C=O) groups excluding carboxylic acids is 1. The summed E-state index contributed by atoms with van der Waals surface area (Å²) in [4.78, 5) is 24.0. The summed E-state index contributed by atoms with van der Waals surface area (Å²) in [5.74, 6) is -1.07. The number of ether oxygens (including phenoxy) is 3. The lowest BCUT2D eigenvalue weighted by molar-refractivity contribution is -0.132. The van der Waals surface area contributed by atoms with Crippen molar-refractivity contribution in [1.29, 1.82) is 0 Å². The zero-order valence-corrected chi connectivity index (χ0v) is 15.7. The van der Waals surface area contributed by atoms with Crippen LogP contribution in [0, 0.1) is 6.92 Å². The van der Waals surface area contributed by atoms with Crippen LogP contribution in [-0.4, -0.2) is 35.7 Å². The number of phenols is 1. The van der Waals surface area contributed by atoms with Gasteiger partial charge in [-0.15, -0.1) is 0 Å². The molecular formula is C21H20O7. The highest BCUT2D eigenvalue weighted by Gasteiger charge is 2.33. The number of phenolic OH excluding ortho intramolecular Hbond substituents is 1. The molecule has 146 valence electrons. The van der Waals surface area contributed by atoms with Crippen LogP contribution in [0.1, 0.15) is 40.3 Å². The maximum Gasteiger partial charge on any atom is 0.331 e. The Balaban J connectivity index is 2.07. The second-order valence-electron chi connectivity index (χ2n) is 6.39. The van der Waals surface area contributed by atoms with Gasteiger partial charge in [0.2, 0.25) is 12.1 Å². The Hall–Kier alpha value is -3.32. The van der Waals surface area contributed by atoms with Crippen molar-refractivity contribution in [3.8, 4) is 17.2 Å². The number of aryl methyl sites for hydroxylation is 1. The summed E-state index contributed by atoms with van der Waals surface area (Å²) in [5, 5.41) is 19.2. The topological polar surface area (TPSA) is 102 Å². The normalized spacial score (nSPS) is 15.9. The maximum absolute atomic E-state index is 13.1. The third kappa shape index (κ3) is 3.57. The van der Waals surface area contributed by atoms with E-state index in [2.05, 4.69) is 0 Å². The van der Waals surface area contributed by atoms with Gasteiger partial charge in [-0.25, -0.2) is 4.79 Å². The zero-order chi connectivity index (χ0) is 20.4. The Morgan fingerprint density at radius 2 is 2.07 bits per heavy atom. The molecule has 3 rings (SSSR count). The summed E-state index contributed by atoms with van der Waals surface area (Å²) in [7, 11) is 1.44. The molecule has 0 saturated heterocycles. The monoisotopic (exact) mass is 384 g/mol. The molecule has 1 atom stereocenters. The largest absolute Gasteiger partial charge is 0.507 e. The summed E-state index contributed by atoms with van der Waals surface area (Å²) >= 11 is 0. The summed E-state index contributed by atoms with van der Waals surface area (Å²) in [6, 6.07) is 8.04. The number of carboxylic acid groups (broad SMARTS) is 1. The van der Waals surface area contributed by atoms with E-state index in [1.807, 2.05) is 0 Å². The molecule has 0 bridgehead atoms. The maximum atomic E-state index is 13.1. The van der Waals surface area contributed by atoms with Crippen molar-refractivity contribution < 1.29 is 34.0 Å². The summed E-state index contributed by atoms with van der Waals surface area (Å²) in [6.45, 7) is 3.24. The molecule has 2 aromatic rings. The molecule has 7 nitrogen and oxygen atoms in total. The minimum atomic E-state index is -1.04. The lowest BCUT2D eigenvalue weighted by Crippen LogP contribution is -2.13. The standard InChI is InChI=1S/C21H20O7/c1-11-9-14(22)18-16(10-11)28-21(26-3)17-13(19(18)23)5-4-6-15(17)27-8-7-12(2)20(24)25/h4-7,9-10,21-22H,8H2,1-3H3,(H,24,25)/b12-7+. The molecule has 1 heterocycles. The van der Waals surface area contributed by atoms with Crippen LogP contribution >= 0.6 is 0 Å². The van der Waals surface area contributed by atoms with Gasteiger partial charge in [0.25, 0.3) is 0 Å². The fraction of sp³-hybridized carbons (Fsp3) is 0.238. The van der Waals surface area contributed by atoms with Gasteiger partial charge in [0.05, 0.1) is 5.56 Å². The van der Waals surface area contributed by atoms with Crippen LogP contribution in [0.15, 0.2) is 42.0 Å². The number of rotatable bonds is 5. The van der Waals surface area contributed by atoms with E-state index >= 15 is 0 Å². The van der Waals surface area contributed by atoms with E-state index in [9.17, 15) is 14.7 Å².